The van der Waals surface area contributed by atoms with Crippen molar-refractivity contribution in [3.8, 4) is 17.2 Å². The van der Waals surface area contributed by atoms with Crippen molar-refractivity contribution >= 4 is 11.8 Å². The molecule has 1 atom stereocenters. The highest BCUT2D eigenvalue weighted by Gasteiger charge is 2.41. The van der Waals surface area contributed by atoms with E-state index in [0.29, 0.717) is 47.7 Å². The molecule has 1 heterocycles. The molecular weight excluding hydrogens is 438 g/mol. The maximum atomic E-state index is 12.9. The van der Waals surface area contributed by atoms with Gasteiger partial charge in [-0.15, -0.1) is 0 Å². The molecule has 2 N–H and O–H groups in total. The summed E-state index contributed by atoms with van der Waals surface area (Å²) in [6.45, 7) is 0.262. The fourth-order valence-electron chi connectivity index (χ4n) is 4.29. The third-order valence-corrected chi connectivity index (χ3v) is 5.99. The van der Waals surface area contributed by atoms with Crippen molar-refractivity contribution in [3.63, 3.8) is 0 Å². The summed E-state index contributed by atoms with van der Waals surface area (Å²) in [5.74, 6) is 1.05. The molecule has 4 rings (SSSR count). The highest BCUT2D eigenvalue weighted by molar-refractivity contribution is 6.03. The number of methoxy groups -OCH3 is 3. The van der Waals surface area contributed by atoms with E-state index in [1.165, 1.54) is 7.11 Å². The van der Waals surface area contributed by atoms with Gasteiger partial charge in [0, 0.05) is 24.0 Å². The number of ketones is 1. The zero-order valence-corrected chi connectivity index (χ0v) is 19.4. The first-order valence-corrected chi connectivity index (χ1v) is 10.9. The topological polar surface area (TPSA) is 106 Å². The summed E-state index contributed by atoms with van der Waals surface area (Å²) in [7, 11) is 4.43. The highest BCUT2D eigenvalue weighted by atomic mass is 16.5. The van der Waals surface area contributed by atoms with Crippen LogP contribution in [0.15, 0.2) is 65.3 Å². The van der Waals surface area contributed by atoms with Crippen LogP contribution in [0.5, 0.6) is 17.2 Å². The summed E-state index contributed by atoms with van der Waals surface area (Å²) >= 11 is 0. The van der Waals surface area contributed by atoms with E-state index in [2.05, 4.69) is 0 Å². The van der Waals surface area contributed by atoms with E-state index < -0.39 is 11.9 Å². The van der Waals surface area contributed by atoms with E-state index in [-0.39, 0.29) is 23.8 Å². The lowest BCUT2D eigenvalue weighted by molar-refractivity contribution is -0.136. The van der Waals surface area contributed by atoms with Crippen molar-refractivity contribution in [2.75, 3.05) is 21.3 Å². The molecule has 0 saturated heterocycles. The molecule has 8 nitrogen and oxygen atoms in total. The molecule has 178 valence electrons. The summed E-state index contributed by atoms with van der Waals surface area (Å²) in [4.78, 5) is 25.5. The number of nitrogens with two attached hydrogens (primary N) is 1. The number of carbonyl (C=O) groups is 2. The van der Waals surface area contributed by atoms with Crippen LogP contribution in [0, 0.1) is 0 Å². The lowest BCUT2D eigenvalue weighted by Crippen LogP contribution is -2.31. The van der Waals surface area contributed by atoms with Gasteiger partial charge in [-0.1, -0.05) is 12.1 Å². The van der Waals surface area contributed by atoms with E-state index in [0.717, 1.165) is 11.3 Å². The van der Waals surface area contributed by atoms with Crippen LogP contribution >= 0.6 is 0 Å². The molecule has 1 aliphatic heterocycles. The number of benzene rings is 2. The SMILES string of the molecule is COC(=O)C1=C(N)OC2=C(C(=O)CCC2)C1c1ccc(COc2ccc(OC)cc2)c(OC)c1. The summed E-state index contributed by atoms with van der Waals surface area (Å²) in [5, 5.41) is 0. The van der Waals surface area contributed by atoms with Gasteiger partial charge in [-0.3, -0.25) is 4.79 Å². The van der Waals surface area contributed by atoms with Gasteiger partial charge >= 0.3 is 5.97 Å². The first kappa shape index (κ1) is 23.2. The maximum absolute atomic E-state index is 12.9. The van der Waals surface area contributed by atoms with Gasteiger partial charge in [0.15, 0.2) is 5.78 Å². The molecule has 0 fully saturated rings. The highest BCUT2D eigenvalue weighted by Crippen LogP contribution is 2.45. The predicted molar refractivity (Wildman–Crippen MR) is 123 cm³/mol. The lowest BCUT2D eigenvalue weighted by Gasteiger charge is -2.32. The van der Waals surface area contributed by atoms with Crippen LogP contribution in [-0.2, 0) is 25.7 Å². The standard InChI is InChI=1S/C26H27NO7/c1-30-17-9-11-18(12-10-17)33-14-16-8-7-15(13-21(16)31-2)22-23-19(28)5-4-6-20(23)34-25(27)24(22)26(29)32-3/h7-13,22H,4-6,14,27H2,1-3H3. The van der Waals surface area contributed by atoms with E-state index in [9.17, 15) is 9.59 Å². The zero-order chi connectivity index (χ0) is 24.2. The molecule has 2 aromatic rings. The third kappa shape index (κ3) is 4.44. The van der Waals surface area contributed by atoms with Gasteiger partial charge in [0.1, 0.15) is 35.2 Å². The van der Waals surface area contributed by atoms with Crippen LogP contribution in [0.1, 0.15) is 36.3 Å². The van der Waals surface area contributed by atoms with Gasteiger partial charge in [-0.05, 0) is 42.3 Å². The van der Waals surface area contributed by atoms with Gasteiger partial charge in [-0.25, -0.2) is 4.79 Å². The van der Waals surface area contributed by atoms with Crippen molar-refractivity contribution in [1.29, 1.82) is 0 Å². The number of Topliss-reactive ketones (excluding diaryl/α,β-unsaturated/α-hetero) is 1. The summed E-state index contributed by atoms with van der Waals surface area (Å²) < 4.78 is 27.3. The Morgan fingerprint density at radius 3 is 2.44 bits per heavy atom. The number of rotatable bonds is 7. The number of carbonyl (C=O) groups excluding carboxylic acids is 2. The van der Waals surface area contributed by atoms with Gasteiger partial charge in [0.2, 0.25) is 5.88 Å². The summed E-state index contributed by atoms with van der Waals surface area (Å²) in [6.07, 6.45) is 1.64. The van der Waals surface area contributed by atoms with Crippen LogP contribution in [-0.4, -0.2) is 33.1 Å². The summed E-state index contributed by atoms with van der Waals surface area (Å²) in [5.41, 5.74) is 8.16. The van der Waals surface area contributed by atoms with E-state index in [1.54, 1.807) is 20.3 Å². The number of allylic oxidation sites excluding steroid dienone is 2. The van der Waals surface area contributed by atoms with Crippen LogP contribution in [0.2, 0.25) is 0 Å². The Hall–Kier alpha value is -3.94. The quantitative estimate of drug-likeness (QED) is 0.617. The average molecular weight is 466 g/mol. The Balaban J connectivity index is 1.68. The predicted octanol–water partition coefficient (Wildman–Crippen LogP) is 3.75. The molecule has 1 aliphatic carbocycles. The molecule has 34 heavy (non-hydrogen) atoms. The third-order valence-electron chi connectivity index (χ3n) is 5.99. The second-order valence-corrected chi connectivity index (χ2v) is 7.95. The zero-order valence-electron chi connectivity index (χ0n) is 19.4. The molecule has 2 aliphatic rings. The van der Waals surface area contributed by atoms with Crippen LogP contribution in [0.4, 0.5) is 0 Å². The van der Waals surface area contributed by atoms with Crippen molar-refractivity contribution in [1.82, 2.24) is 0 Å². The van der Waals surface area contributed by atoms with Gasteiger partial charge in [0.25, 0.3) is 0 Å². The number of esters is 1. The van der Waals surface area contributed by atoms with Gasteiger partial charge in [0.05, 0.1) is 27.2 Å². The lowest BCUT2D eigenvalue weighted by atomic mass is 9.77. The van der Waals surface area contributed by atoms with E-state index in [1.807, 2.05) is 36.4 Å². The molecule has 0 bridgehead atoms. The molecule has 0 saturated carbocycles. The second-order valence-electron chi connectivity index (χ2n) is 7.95. The normalized spacial score (nSPS) is 17.6. The summed E-state index contributed by atoms with van der Waals surface area (Å²) in [6, 6.07) is 12.8. The maximum Gasteiger partial charge on any atom is 0.340 e. The molecule has 1 unspecified atom stereocenters. The minimum absolute atomic E-state index is 0.0452. The molecule has 8 heteroatoms. The van der Waals surface area contributed by atoms with Crippen molar-refractivity contribution < 1.29 is 33.3 Å². The Kier molecular flexibility index (Phi) is 6.77. The van der Waals surface area contributed by atoms with E-state index in [4.69, 9.17) is 29.4 Å². The molecule has 0 spiro atoms. The van der Waals surface area contributed by atoms with Gasteiger partial charge < -0.3 is 29.4 Å². The molecular formula is C26H27NO7. The van der Waals surface area contributed by atoms with Crippen LogP contribution in [0.25, 0.3) is 0 Å². The molecule has 0 radical (unpaired) electrons. The Morgan fingerprint density at radius 2 is 1.76 bits per heavy atom. The minimum atomic E-state index is -0.700. The minimum Gasteiger partial charge on any atom is -0.497 e. The monoisotopic (exact) mass is 465 g/mol. The van der Waals surface area contributed by atoms with Crippen molar-refractivity contribution in [2.45, 2.75) is 31.8 Å². The van der Waals surface area contributed by atoms with Crippen LogP contribution in [0.3, 0.4) is 0 Å². The first-order chi connectivity index (χ1) is 16.5. The largest absolute Gasteiger partial charge is 0.497 e. The Bertz CT molecular complexity index is 1160. The fraction of sp³-hybridized carbons (Fsp3) is 0.308. The first-order valence-electron chi connectivity index (χ1n) is 10.9. The van der Waals surface area contributed by atoms with E-state index >= 15 is 0 Å². The molecule has 0 aromatic heterocycles. The number of hydrogen-bond donors (Lipinski definition) is 1. The van der Waals surface area contributed by atoms with Gasteiger partial charge in [-0.2, -0.15) is 0 Å². The fourth-order valence-corrected chi connectivity index (χ4v) is 4.29. The number of hydrogen-bond acceptors (Lipinski definition) is 8. The number of ether oxygens (including phenoxy) is 5. The smallest absolute Gasteiger partial charge is 0.340 e. The van der Waals surface area contributed by atoms with Crippen molar-refractivity contribution in [2.24, 2.45) is 5.73 Å². The molecule has 0 amide bonds. The Morgan fingerprint density at radius 1 is 1.03 bits per heavy atom. The van der Waals surface area contributed by atoms with Crippen molar-refractivity contribution in [3.05, 3.63) is 76.4 Å². The average Bonchev–Trinajstić information content (AvgIpc) is 2.86. The second kappa shape index (κ2) is 9.91. The molecule has 2 aromatic carbocycles. The van der Waals surface area contributed by atoms with Crippen LogP contribution < -0.4 is 19.9 Å². The Labute approximate surface area is 197 Å².